The van der Waals surface area contributed by atoms with E-state index in [1.54, 1.807) is 12.1 Å². The number of nitrogen functional groups attached to an aromatic ring is 1. The highest BCUT2D eigenvalue weighted by Gasteiger charge is 2.28. The molecule has 0 bridgehead atoms. The number of likely N-dealkylation sites (tertiary alicyclic amines) is 1. The molecule has 9 heteroatoms. The molecule has 1 aromatic carbocycles. The number of aromatic nitrogens is 3. The predicted octanol–water partition coefficient (Wildman–Crippen LogP) is 1.04. The Labute approximate surface area is 135 Å². The Morgan fingerprint density at radius 3 is 2.43 bits per heavy atom. The summed E-state index contributed by atoms with van der Waals surface area (Å²) >= 11 is 1.30. The van der Waals surface area contributed by atoms with Crippen molar-refractivity contribution in [2.75, 3.05) is 18.1 Å². The molecule has 1 aliphatic heterocycles. The Kier molecular flexibility index (Phi) is 4.28. The summed E-state index contributed by atoms with van der Waals surface area (Å²) in [5, 5.41) is 8.44. The van der Waals surface area contributed by atoms with Crippen LogP contribution < -0.4 is 5.84 Å². The van der Waals surface area contributed by atoms with Crippen molar-refractivity contribution in [1.29, 1.82) is 0 Å². The Morgan fingerprint density at radius 2 is 1.78 bits per heavy atom. The predicted molar refractivity (Wildman–Crippen MR) is 82.2 cm³/mol. The zero-order valence-electron chi connectivity index (χ0n) is 12.1. The van der Waals surface area contributed by atoms with E-state index in [1.165, 1.54) is 33.5 Å². The topological polar surface area (TPSA) is 94.1 Å². The molecule has 0 atom stereocenters. The standard InChI is InChI=1S/C14H14FN5O2S/c15-10-3-1-9(2-4-10)13-17-18-14(20(13)16)23-8-7-19-11(21)5-6-12(19)22/h1-4H,5-8,16H2. The molecule has 3 rings (SSSR count). The molecule has 0 saturated carbocycles. The first kappa shape index (κ1) is 15.5. The van der Waals surface area contributed by atoms with Gasteiger partial charge in [0.15, 0.2) is 5.82 Å². The van der Waals surface area contributed by atoms with Crippen LogP contribution in [-0.4, -0.2) is 43.9 Å². The van der Waals surface area contributed by atoms with Gasteiger partial charge in [-0.05, 0) is 24.3 Å². The van der Waals surface area contributed by atoms with Crippen molar-refractivity contribution in [3.63, 3.8) is 0 Å². The summed E-state index contributed by atoms with van der Waals surface area (Å²) in [7, 11) is 0. The SMILES string of the molecule is Nn1c(SCCN2C(=O)CCC2=O)nnc1-c1ccc(F)cc1. The van der Waals surface area contributed by atoms with E-state index in [0.29, 0.717) is 28.8 Å². The third kappa shape index (κ3) is 3.19. The van der Waals surface area contributed by atoms with E-state index in [1.807, 2.05) is 0 Å². The number of rotatable bonds is 5. The summed E-state index contributed by atoms with van der Waals surface area (Å²) in [6.45, 7) is 0.321. The van der Waals surface area contributed by atoms with Crippen LogP contribution in [0.3, 0.4) is 0 Å². The van der Waals surface area contributed by atoms with Crippen LogP contribution in [0.15, 0.2) is 29.4 Å². The maximum atomic E-state index is 12.9. The lowest BCUT2D eigenvalue weighted by molar-refractivity contribution is -0.137. The van der Waals surface area contributed by atoms with Gasteiger partial charge in [0.05, 0.1) is 0 Å². The van der Waals surface area contributed by atoms with Crippen molar-refractivity contribution in [2.24, 2.45) is 0 Å². The molecule has 0 spiro atoms. The molecule has 2 aromatic rings. The van der Waals surface area contributed by atoms with Crippen LogP contribution in [0.2, 0.25) is 0 Å². The van der Waals surface area contributed by atoms with Gasteiger partial charge in [-0.1, -0.05) is 11.8 Å². The summed E-state index contributed by atoms with van der Waals surface area (Å²) in [6.07, 6.45) is 0.566. The molecule has 0 unspecified atom stereocenters. The van der Waals surface area contributed by atoms with Gasteiger partial charge < -0.3 is 5.84 Å². The van der Waals surface area contributed by atoms with E-state index in [4.69, 9.17) is 5.84 Å². The highest BCUT2D eigenvalue weighted by Crippen LogP contribution is 2.22. The molecule has 2 amide bonds. The zero-order chi connectivity index (χ0) is 16.4. The Balaban J connectivity index is 1.64. The normalized spacial score (nSPS) is 14.7. The van der Waals surface area contributed by atoms with Crippen LogP contribution in [0.5, 0.6) is 0 Å². The number of nitrogens with two attached hydrogens (primary N) is 1. The number of amides is 2. The monoisotopic (exact) mass is 335 g/mol. The molecular weight excluding hydrogens is 321 g/mol. The number of nitrogens with zero attached hydrogens (tertiary/aromatic N) is 4. The summed E-state index contributed by atoms with van der Waals surface area (Å²) < 4.78 is 14.3. The Bertz CT molecular complexity index is 730. The third-order valence-corrected chi connectivity index (χ3v) is 4.39. The smallest absolute Gasteiger partial charge is 0.229 e. The van der Waals surface area contributed by atoms with E-state index in [2.05, 4.69) is 10.2 Å². The van der Waals surface area contributed by atoms with Gasteiger partial charge in [0.25, 0.3) is 0 Å². The van der Waals surface area contributed by atoms with Crippen LogP contribution in [0, 0.1) is 5.82 Å². The molecule has 1 aliphatic rings. The van der Waals surface area contributed by atoms with Crippen molar-refractivity contribution in [1.82, 2.24) is 19.8 Å². The first-order valence-electron chi connectivity index (χ1n) is 6.98. The average molecular weight is 335 g/mol. The van der Waals surface area contributed by atoms with Gasteiger partial charge in [0.2, 0.25) is 17.0 Å². The fourth-order valence-corrected chi connectivity index (χ4v) is 3.05. The molecular formula is C14H14FN5O2S. The molecule has 2 heterocycles. The lowest BCUT2D eigenvalue weighted by Gasteiger charge is -2.12. The molecule has 0 radical (unpaired) electrons. The number of imide groups is 1. The minimum Gasteiger partial charge on any atom is -0.335 e. The number of hydrogen-bond donors (Lipinski definition) is 1. The van der Waals surface area contributed by atoms with Crippen LogP contribution in [-0.2, 0) is 9.59 Å². The second-order valence-electron chi connectivity index (χ2n) is 4.97. The first-order chi connectivity index (χ1) is 11.1. The maximum Gasteiger partial charge on any atom is 0.229 e. The largest absolute Gasteiger partial charge is 0.335 e. The molecule has 0 aliphatic carbocycles. The van der Waals surface area contributed by atoms with Crippen molar-refractivity contribution in [3.8, 4) is 11.4 Å². The molecule has 120 valence electrons. The molecule has 2 N–H and O–H groups in total. The van der Waals surface area contributed by atoms with E-state index < -0.39 is 0 Å². The molecule has 1 fully saturated rings. The minimum atomic E-state index is -0.341. The number of carbonyl (C=O) groups excluding carboxylic acids is 2. The van der Waals surface area contributed by atoms with E-state index in [-0.39, 0.29) is 30.5 Å². The quantitative estimate of drug-likeness (QED) is 0.498. The summed E-state index contributed by atoms with van der Waals surface area (Å²) in [5.41, 5.74) is 0.651. The number of benzene rings is 1. The lowest BCUT2D eigenvalue weighted by Crippen LogP contribution is -2.31. The average Bonchev–Trinajstić information content (AvgIpc) is 3.05. The van der Waals surface area contributed by atoms with Crippen LogP contribution in [0.4, 0.5) is 4.39 Å². The molecule has 7 nitrogen and oxygen atoms in total. The van der Waals surface area contributed by atoms with Gasteiger partial charge in [0.1, 0.15) is 5.82 Å². The number of hydrogen-bond acceptors (Lipinski definition) is 6. The van der Waals surface area contributed by atoms with Crippen LogP contribution >= 0.6 is 11.8 Å². The van der Waals surface area contributed by atoms with Crippen LogP contribution in [0.25, 0.3) is 11.4 Å². The van der Waals surface area contributed by atoms with E-state index in [9.17, 15) is 14.0 Å². The van der Waals surface area contributed by atoms with Gasteiger partial charge in [-0.15, -0.1) is 10.2 Å². The number of halogens is 1. The number of carbonyl (C=O) groups is 2. The Morgan fingerprint density at radius 1 is 1.13 bits per heavy atom. The van der Waals surface area contributed by atoms with Crippen molar-refractivity contribution in [3.05, 3.63) is 30.1 Å². The number of thioether (sulfide) groups is 1. The van der Waals surface area contributed by atoms with Gasteiger partial charge in [0, 0.05) is 30.7 Å². The second kappa shape index (κ2) is 6.37. The molecule has 1 aromatic heterocycles. The lowest BCUT2D eigenvalue weighted by atomic mass is 10.2. The first-order valence-corrected chi connectivity index (χ1v) is 7.97. The van der Waals surface area contributed by atoms with E-state index in [0.717, 1.165) is 0 Å². The van der Waals surface area contributed by atoms with Crippen LogP contribution in [0.1, 0.15) is 12.8 Å². The zero-order valence-corrected chi connectivity index (χ0v) is 12.9. The fraction of sp³-hybridized carbons (Fsp3) is 0.286. The summed E-state index contributed by atoms with van der Waals surface area (Å²) in [5.74, 6) is 6.23. The van der Waals surface area contributed by atoms with Gasteiger partial charge in [-0.2, -0.15) is 0 Å². The minimum absolute atomic E-state index is 0.142. The second-order valence-corrected chi connectivity index (χ2v) is 6.03. The van der Waals surface area contributed by atoms with Gasteiger partial charge >= 0.3 is 0 Å². The van der Waals surface area contributed by atoms with Gasteiger partial charge in [-0.3, -0.25) is 14.5 Å². The van der Waals surface area contributed by atoms with Crippen molar-refractivity contribution < 1.29 is 14.0 Å². The maximum absolute atomic E-state index is 12.9. The summed E-state index contributed by atoms with van der Waals surface area (Å²) in [4.78, 5) is 24.3. The summed E-state index contributed by atoms with van der Waals surface area (Å²) in [6, 6.07) is 5.78. The van der Waals surface area contributed by atoms with Crippen molar-refractivity contribution >= 4 is 23.6 Å². The highest BCUT2D eigenvalue weighted by molar-refractivity contribution is 7.99. The van der Waals surface area contributed by atoms with Gasteiger partial charge in [-0.25, -0.2) is 9.07 Å². The molecule has 1 saturated heterocycles. The highest BCUT2D eigenvalue weighted by atomic mass is 32.2. The van der Waals surface area contributed by atoms with Crippen molar-refractivity contribution in [2.45, 2.75) is 18.0 Å². The third-order valence-electron chi connectivity index (χ3n) is 3.47. The molecule has 23 heavy (non-hydrogen) atoms. The van der Waals surface area contributed by atoms with E-state index >= 15 is 0 Å². The fourth-order valence-electron chi connectivity index (χ4n) is 2.27. The Hall–Kier alpha value is -2.42.